The van der Waals surface area contributed by atoms with Crippen LogP contribution in [-0.4, -0.2) is 36.4 Å². The molecule has 0 aromatic heterocycles. The number of carbonyl (C=O) groups is 1. The molecule has 2 rings (SSSR count). The number of phenols is 1. The van der Waals surface area contributed by atoms with Gasteiger partial charge in [-0.2, -0.15) is 0 Å². The van der Waals surface area contributed by atoms with E-state index in [2.05, 4.69) is 11.9 Å². The zero-order chi connectivity index (χ0) is 12.3. The molecule has 1 heterocycles. The molecule has 1 aromatic carbocycles. The van der Waals surface area contributed by atoms with Gasteiger partial charge in [0.1, 0.15) is 12.0 Å². The SMILES string of the molecule is CN1CCCC(C(C=O)c2ccccc2O)C1. The van der Waals surface area contributed by atoms with Crippen molar-refractivity contribution in [1.82, 2.24) is 4.90 Å². The third kappa shape index (κ3) is 2.67. The average Bonchev–Trinajstić information content (AvgIpc) is 2.33. The minimum atomic E-state index is -0.182. The van der Waals surface area contributed by atoms with Crippen molar-refractivity contribution in [2.45, 2.75) is 18.8 Å². The van der Waals surface area contributed by atoms with Crippen LogP contribution in [0.2, 0.25) is 0 Å². The van der Waals surface area contributed by atoms with Crippen molar-refractivity contribution < 1.29 is 9.90 Å². The van der Waals surface area contributed by atoms with Crippen LogP contribution in [0.4, 0.5) is 0 Å². The van der Waals surface area contributed by atoms with Gasteiger partial charge in [-0.3, -0.25) is 0 Å². The Bertz CT molecular complexity index is 392. The fourth-order valence-corrected chi connectivity index (χ4v) is 2.71. The minimum Gasteiger partial charge on any atom is -0.508 e. The van der Waals surface area contributed by atoms with Gasteiger partial charge in [0.2, 0.25) is 0 Å². The van der Waals surface area contributed by atoms with E-state index in [-0.39, 0.29) is 11.7 Å². The first-order chi connectivity index (χ1) is 8.22. The number of hydrogen-bond donors (Lipinski definition) is 1. The molecule has 1 aliphatic heterocycles. The van der Waals surface area contributed by atoms with Crippen LogP contribution in [0.1, 0.15) is 24.3 Å². The summed E-state index contributed by atoms with van der Waals surface area (Å²) in [5.74, 6) is 0.372. The number of likely N-dealkylation sites (tertiary alicyclic amines) is 1. The molecule has 0 spiro atoms. The van der Waals surface area contributed by atoms with Crippen LogP contribution < -0.4 is 0 Å². The van der Waals surface area contributed by atoms with Gasteiger partial charge in [-0.25, -0.2) is 0 Å². The van der Waals surface area contributed by atoms with E-state index in [1.807, 2.05) is 12.1 Å². The molecule has 0 aliphatic carbocycles. The summed E-state index contributed by atoms with van der Waals surface area (Å²) in [6.07, 6.45) is 3.17. The number of hydrogen-bond acceptors (Lipinski definition) is 3. The molecule has 1 aromatic rings. The number of rotatable bonds is 3. The van der Waals surface area contributed by atoms with Crippen molar-refractivity contribution >= 4 is 6.29 Å². The monoisotopic (exact) mass is 233 g/mol. The molecule has 92 valence electrons. The van der Waals surface area contributed by atoms with E-state index in [1.54, 1.807) is 12.1 Å². The number of benzene rings is 1. The lowest BCUT2D eigenvalue weighted by atomic mass is 9.81. The van der Waals surface area contributed by atoms with E-state index in [0.717, 1.165) is 37.8 Å². The van der Waals surface area contributed by atoms with Gasteiger partial charge in [0.25, 0.3) is 0 Å². The zero-order valence-corrected chi connectivity index (χ0v) is 10.2. The second-order valence-electron chi connectivity index (χ2n) is 4.89. The van der Waals surface area contributed by atoms with Gasteiger partial charge < -0.3 is 14.8 Å². The van der Waals surface area contributed by atoms with Crippen LogP contribution in [0.15, 0.2) is 24.3 Å². The average molecular weight is 233 g/mol. The molecule has 1 fully saturated rings. The maximum absolute atomic E-state index is 11.3. The van der Waals surface area contributed by atoms with Crippen LogP contribution >= 0.6 is 0 Å². The highest BCUT2D eigenvalue weighted by Gasteiger charge is 2.28. The number of aldehydes is 1. The Morgan fingerprint density at radius 2 is 2.24 bits per heavy atom. The van der Waals surface area contributed by atoms with E-state index in [1.165, 1.54) is 0 Å². The molecule has 2 atom stereocenters. The lowest BCUT2D eigenvalue weighted by molar-refractivity contribution is -0.110. The Kier molecular flexibility index (Phi) is 3.79. The van der Waals surface area contributed by atoms with E-state index < -0.39 is 0 Å². The van der Waals surface area contributed by atoms with Crippen molar-refractivity contribution in [3.63, 3.8) is 0 Å². The normalized spacial score (nSPS) is 23.2. The van der Waals surface area contributed by atoms with Crippen LogP contribution in [0, 0.1) is 5.92 Å². The third-order valence-electron chi connectivity index (χ3n) is 3.61. The highest BCUT2D eigenvalue weighted by atomic mass is 16.3. The quantitative estimate of drug-likeness (QED) is 0.812. The van der Waals surface area contributed by atoms with Crippen molar-refractivity contribution in [3.05, 3.63) is 29.8 Å². The van der Waals surface area contributed by atoms with E-state index in [9.17, 15) is 9.90 Å². The minimum absolute atomic E-state index is 0.182. The second kappa shape index (κ2) is 5.32. The molecule has 0 amide bonds. The van der Waals surface area contributed by atoms with Crippen LogP contribution in [-0.2, 0) is 4.79 Å². The third-order valence-corrected chi connectivity index (χ3v) is 3.61. The number of phenolic OH excluding ortho intramolecular Hbond substituents is 1. The second-order valence-corrected chi connectivity index (χ2v) is 4.89. The summed E-state index contributed by atoms with van der Waals surface area (Å²) in [6, 6.07) is 7.16. The fraction of sp³-hybridized carbons (Fsp3) is 0.500. The molecule has 1 N–H and O–H groups in total. The Morgan fingerprint density at radius 3 is 2.88 bits per heavy atom. The van der Waals surface area contributed by atoms with Crippen LogP contribution in [0.25, 0.3) is 0 Å². The summed E-state index contributed by atoms with van der Waals surface area (Å²) in [4.78, 5) is 13.6. The summed E-state index contributed by atoms with van der Waals surface area (Å²) in [7, 11) is 2.08. The first-order valence-corrected chi connectivity index (χ1v) is 6.14. The van der Waals surface area contributed by atoms with Crippen molar-refractivity contribution in [2.24, 2.45) is 5.92 Å². The number of carbonyl (C=O) groups excluding carboxylic acids is 1. The van der Waals surface area contributed by atoms with E-state index in [0.29, 0.717) is 5.92 Å². The molecule has 0 bridgehead atoms. The van der Waals surface area contributed by atoms with Gasteiger partial charge in [-0.05, 0) is 38.4 Å². The number of aromatic hydroxyl groups is 1. The van der Waals surface area contributed by atoms with Gasteiger partial charge in [0, 0.05) is 18.0 Å². The molecule has 2 unspecified atom stereocenters. The molecule has 3 nitrogen and oxygen atoms in total. The van der Waals surface area contributed by atoms with Crippen molar-refractivity contribution in [1.29, 1.82) is 0 Å². The first kappa shape index (κ1) is 12.1. The molecule has 3 heteroatoms. The molecule has 17 heavy (non-hydrogen) atoms. The smallest absolute Gasteiger partial charge is 0.127 e. The Hall–Kier alpha value is -1.35. The molecule has 1 saturated heterocycles. The molecular formula is C14H19NO2. The number of nitrogens with zero attached hydrogens (tertiary/aromatic N) is 1. The highest BCUT2D eigenvalue weighted by molar-refractivity contribution is 5.65. The van der Waals surface area contributed by atoms with Crippen molar-refractivity contribution in [2.75, 3.05) is 20.1 Å². The van der Waals surface area contributed by atoms with Gasteiger partial charge in [-0.1, -0.05) is 18.2 Å². The summed E-state index contributed by atoms with van der Waals surface area (Å²) in [5.41, 5.74) is 0.766. The van der Waals surface area contributed by atoms with Gasteiger partial charge in [-0.15, -0.1) is 0 Å². The Balaban J connectivity index is 2.21. The molecule has 0 radical (unpaired) electrons. The van der Waals surface area contributed by atoms with Gasteiger partial charge in [0.15, 0.2) is 0 Å². The molecule has 0 saturated carbocycles. The van der Waals surface area contributed by atoms with Crippen LogP contribution in [0.5, 0.6) is 5.75 Å². The first-order valence-electron chi connectivity index (χ1n) is 6.14. The zero-order valence-electron chi connectivity index (χ0n) is 10.2. The largest absolute Gasteiger partial charge is 0.508 e. The maximum Gasteiger partial charge on any atom is 0.127 e. The summed E-state index contributed by atoms with van der Waals surface area (Å²) in [5, 5.41) is 9.84. The van der Waals surface area contributed by atoms with E-state index >= 15 is 0 Å². The predicted molar refractivity (Wildman–Crippen MR) is 67.1 cm³/mol. The predicted octanol–water partition coefficient (Wildman–Crippen LogP) is 2.02. The maximum atomic E-state index is 11.3. The summed E-state index contributed by atoms with van der Waals surface area (Å²) in [6.45, 7) is 2.03. The number of para-hydroxylation sites is 1. The van der Waals surface area contributed by atoms with Crippen LogP contribution in [0.3, 0.4) is 0 Å². The standard InChI is InChI=1S/C14H19NO2/c1-15-8-4-5-11(9-15)13(10-16)12-6-2-3-7-14(12)17/h2-3,6-7,10-11,13,17H,4-5,8-9H2,1H3. The summed E-state index contributed by atoms with van der Waals surface area (Å²) >= 11 is 0. The fourth-order valence-electron chi connectivity index (χ4n) is 2.71. The number of piperidine rings is 1. The summed E-state index contributed by atoms with van der Waals surface area (Å²) < 4.78 is 0. The Labute approximate surface area is 102 Å². The van der Waals surface area contributed by atoms with Gasteiger partial charge >= 0.3 is 0 Å². The lowest BCUT2D eigenvalue weighted by Crippen LogP contribution is -2.35. The topological polar surface area (TPSA) is 40.5 Å². The lowest BCUT2D eigenvalue weighted by Gasteiger charge is -2.33. The molecule has 1 aliphatic rings. The van der Waals surface area contributed by atoms with Crippen molar-refractivity contribution in [3.8, 4) is 5.75 Å². The molecular weight excluding hydrogens is 214 g/mol. The highest BCUT2D eigenvalue weighted by Crippen LogP contribution is 2.34. The van der Waals surface area contributed by atoms with Gasteiger partial charge in [0.05, 0.1) is 0 Å². The Morgan fingerprint density at radius 1 is 1.47 bits per heavy atom. The van der Waals surface area contributed by atoms with E-state index in [4.69, 9.17) is 0 Å².